The zero-order valence-corrected chi connectivity index (χ0v) is 11.0. The van der Waals surface area contributed by atoms with Crippen LogP contribution in [0.5, 0.6) is 0 Å². The molecule has 2 nitrogen and oxygen atoms in total. The van der Waals surface area contributed by atoms with Crippen LogP contribution in [0.2, 0.25) is 0 Å². The Morgan fingerprint density at radius 1 is 1.54 bits per heavy atom. The van der Waals surface area contributed by atoms with Gasteiger partial charge in [-0.15, -0.1) is 5.92 Å². The molecule has 0 aromatic heterocycles. The molecule has 0 aromatic rings. The van der Waals surface area contributed by atoms with Gasteiger partial charge in [0.2, 0.25) is 0 Å². The van der Waals surface area contributed by atoms with Crippen LogP contribution < -0.4 is 5.90 Å². The van der Waals surface area contributed by atoms with Crippen LogP contribution in [0.4, 0.5) is 13.2 Å². The topological polar surface area (TPSA) is 35.2 Å². The van der Waals surface area contributed by atoms with E-state index in [1.165, 1.54) is 6.92 Å². The van der Waals surface area contributed by atoms with Gasteiger partial charge < -0.3 is 4.84 Å². The molecule has 0 aliphatic heterocycles. The number of thioether (sulfide) groups is 1. The molecule has 0 bridgehead atoms. The predicted molar refractivity (Wildman–Crippen MR) is 41.9 cm³/mol. The Kier molecular flexibility index (Phi) is 9.51. The molecule has 0 heterocycles. The third kappa shape index (κ3) is 9.47. The molecule has 0 fully saturated rings. The first kappa shape index (κ1) is 16.6. The first-order valence-electron chi connectivity index (χ1n) is 3.27. The van der Waals surface area contributed by atoms with Crippen molar-refractivity contribution in [3.63, 3.8) is 0 Å². The third-order valence-electron chi connectivity index (χ3n) is 1.32. The van der Waals surface area contributed by atoms with Gasteiger partial charge in [0.25, 0.3) is 0 Å². The Bertz CT molecular complexity index is 136. The van der Waals surface area contributed by atoms with Crippen LogP contribution in [0.3, 0.4) is 0 Å². The van der Waals surface area contributed by atoms with E-state index in [-0.39, 0.29) is 62.2 Å². The van der Waals surface area contributed by atoms with Crippen LogP contribution >= 0.6 is 11.8 Å². The van der Waals surface area contributed by atoms with E-state index in [1.807, 2.05) is 0 Å². The largest absolute Gasteiger partial charge is 0.412 e. The molecule has 77 valence electrons. The van der Waals surface area contributed by atoms with E-state index in [9.17, 15) is 13.2 Å². The van der Waals surface area contributed by atoms with E-state index in [4.69, 9.17) is 5.90 Å². The van der Waals surface area contributed by atoms with E-state index in [0.717, 1.165) is 0 Å². The number of rotatable bonds is 4. The van der Waals surface area contributed by atoms with Gasteiger partial charge in [0.05, 0.1) is 0 Å². The van der Waals surface area contributed by atoms with E-state index < -0.39 is 5.51 Å². The van der Waals surface area contributed by atoms with Gasteiger partial charge in [-0.2, -0.15) is 20.1 Å². The van der Waals surface area contributed by atoms with Crippen LogP contribution in [-0.2, 0) is 37.5 Å². The second-order valence-corrected chi connectivity index (χ2v) is 3.70. The Morgan fingerprint density at radius 2 is 2.00 bits per heavy atom. The quantitative estimate of drug-likeness (QED) is 0.637. The summed E-state index contributed by atoms with van der Waals surface area (Å²) in [5.41, 5.74) is -4.22. The molecular weight excluding hydrogens is 280 g/mol. The van der Waals surface area contributed by atoms with Crippen molar-refractivity contribution in [2.45, 2.75) is 19.4 Å². The zero-order chi connectivity index (χ0) is 9.78. The zero-order valence-electron chi connectivity index (χ0n) is 7.39. The van der Waals surface area contributed by atoms with Crippen molar-refractivity contribution in [2.24, 2.45) is 11.8 Å². The minimum atomic E-state index is -4.22. The molecule has 1 radical (unpaired) electrons. The van der Waals surface area contributed by atoms with Crippen molar-refractivity contribution in [1.29, 1.82) is 0 Å². The summed E-state index contributed by atoms with van der Waals surface area (Å²) in [4.78, 5) is 4.24. The van der Waals surface area contributed by atoms with Crippen LogP contribution in [0, 0.1) is 11.2 Å². The van der Waals surface area contributed by atoms with Crippen LogP contribution in [-0.4, -0.2) is 12.1 Å². The van der Waals surface area contributed by atoms with Crippen molar-refractivity contribution < 1.29 is 50.7 Å². The Morgan fingerprint density at radius 3 is 2.31 bits per heavy atom. The summed E-state index contributed by atoms with van der Waals surface area (Å²) in [6.07, 6.45) is 0. The van der Waals surface area contributed by atoms with Crippen LogP contribution in [0.1, 0.15) is 13.8 Å². The van der Waals surface area contributed by atoms with Crippen molar-refractivity contribution in [1.82, 2.24) is 0 Å². The van der Waals surface area contributed by atoms with Crippen LogP contribution in [0.15, 0.2) is 0 Å². The van der Waals surface area contributed by atoms with Gasteiger partial charge in [-0.3, -0.25) is 0 Å². The van der Waals surface area contributed by atoms with Crippen molar-refractivity contribution in [2.75, 3.05) is 6.61 Å². The van der Waals surface area contributed by atoms with Crippen molar-refractivity contribution >= 4 is 11.8 Å². The molecule has 0 spiro atoms. The van der Waals surface area contributed by atoms with Gasteiger partial charge in [-0.25, -0.2) is 22.9 Å². The second-order valence-electron chi connectivity index (χ2n) is 2.39. The third-order valence-corrected chi connectivity index (χ3v) is 2.27. The molecule has 0 rings (SSSR count). The molecule has 0 saturated heterocycles. The molecule has 0 aromatic carbocycles. The van der Waals surface area contributed by atoms with Gasteiger partial charge in [0, 0.05) is 39.3 Å². The Labute approximate surface area is 105 Å². The fourth-order valence-corrected chi connectivity index (χ4v) is 1.18. The number of hydrogen-bond donors (Lipinski definition) is 1. The molecule has 0 saturated carbocycles. The molecule has 0 aliphatic rings. The van der Waals surface area contributed by atoms with Crippen molar-refractivity contribution in [3.05, 3.63) is 5.25 Å². The maximum Gasteiger partial charge on any atom is 0.412 e. The predicted octanol–water partition coefficient (Wildman–Crippen LogP) is 2.32. The molecule has 0 aliphatic carbocycles. The van der Waals surface area contributed by atoms with Gasteiger partial charge in [0.15, 0.2) is 0 Å². The normalized spacial score (nSPS) is 14.1. The minimum absolute atomic E-state index is 0. The molecule has 13 heavy (non-hydrogen) atoms. The smallest absolute Gasteiger partial charge is 0.307 e. The second kappa shape index (κ2) is 7.45. The number of hydrogen-bond acceptors (Lipinski definition) is 3. The van der Waals surface area contributed by atoms with E-state index >= 15 is 0 Å². The average Bonchev–Trinajstić information content (AvgIpc) is 1.84. The van der Waals surface area contributed by atoms with E-state index in [2.05, 4.69) is 4.84 Å². The summed E-state index contributed by atoms with van der Waals surface area (Å²) in [7, 11) is 0. The summed E-state index contributed by atoms with van der Waals surface area (Å²) in [6, 6.07) is 0. The molecule has 7 heteroatoms. The maximum atomic E-state index is 11.8. The first-order chi connectivity index (χ1) is 5.37. The molecular formula is C6H11F3NOSY-. The van der Waals surface area contributed by atoms with Gasteiger partial charge in [0.1, 0.15) is 0 Å². The monoisotopic (exact) mass is 291 g/mol. The van der Waals surface area contributed by atoms with E-state index in [1.54, 1.807) is 6.92 Å². The summed E-state index contributed by atoms with van der Waals surface area (Å²) in [5.74, 6) is 4.44. The summed E-state index contributed by atoms with van der Waals surface area (Å²) < 4.78 is 35.3. The number of halogens is 3. The van der Waals surface area contributed by atoms with E-state index in [0.29, 0.717) is 0 Å². The molecule has 0 amide bonds. The Balaban J connectivity index is 0. The minimum Gasteiger partial charge on any atom is -0.307 e. The van der Waals surface area contributed by atoms with Gasteiger partial charge in [-0.05, 0) is 0 Å². The van der Waals surface area contributed by atoms with Crippen molar-refractivity contribution in [3.8, 4) is 0 Å². The summed E-state index contributed by atoms with van der Waals surface area (Å²) in [6.45, 7) is 3.15. The fourth-order valence-electron chi connectivity index (χ4n) is 0.545. The SMILES string of the molecule is C[C-](SC(F)(F)F)C(C)CON.[Y]. The Hall–Kier alpha value is 1.16. The maximum absolute atomic E-state index is 11.8. The molecule has 1 atom stereocenters. The standard InChI is InChI=1S/C6H11F3NOS.Y/c1-4(3-11-10)5(2)12-6(7,8)9;/h4H,3,10H2,1-2H3;/q-1;. The summed E-state index contributed by atoms with van der Waals surface area (Å²) >= 11 is -0.114. The average molecular weight is 291 g/mol. The van der Waals surface area contributed by atoms with Crippen LogP contribution in [0.25, 0.3) is 0 Å². The first-order valence-corrected chi connectivity index (χ1v) is 4.09. The molecule has 2 N–H and O–H groups in total. The summed E-state index contributed by atoms with van der Waals surface area (Å²) in [5, 5.41) is 0.257. The number of nitrogens with two attached hydrogens (primary N) is 1. The van der Waals surface area contributed by atoms with Gasteiger partial charge in [-0.1, -0.05) is 6.92 Å². The van der Waals surface area contributed by atoms with Gasteiger partial charge >= 0.3 is 5.51 Å². The molecule has 1 unspecified atom stereocenters. The fraction of sp³-hybridized carbons (Fsp3) is 0.833. The number of alkyl halides is 3.